The predicted octanol–water partition coefficient (Wildman–Crippen LogP) is 5.67. The Kier molecular flexibility index (Phi) is 5.44. The van der Waals surface area contributed by atoms with Crippen LogP contribution in [0.15, 0.2) is 34.8 Å². The van der Waals surface area contributed by atoms with Crippen molar-refractivity contribution in [3.05, 3.63) is 56.2 Å². The molecule has 0 bridgehead atoms. The number of halogens is 4. The van der Waals surface area contributed by atoms with Gasteiger partial charge in [-0.25, -0.2) is 4.39 Å². The minimum absolute atomic E-state index is 0.0651. The first-order valence-corrected chi connectivity index (χ1v) is 7.72. The number of hydrogen-bond acceptors (Lipinski definition) is 1. The number of benzene rings is 2. The smallest absolute Gasteiger partial charge is 0.150 e. The molecule has 2 aromatic carbocycles. The van der Waals surface area contributed by atoms with Crippen LogP contribution in [0.4, 0.5) is 4.39 Å². The highest BCUT2D eigenvalue weighted by atomic mass is 79.9. The molecule has 0 saturated heterocycles. The van der Waals surface area contributed by atoms with E-state index in [1.165, 1.54) is 0 Å². The van der Waals surface area contributed by atoms with Gasteiger partial charge in [-0.2, -0.15) is 0 Å². The van der Waals surface area contributed by atoms with E-state index < -0.39 is 5.82 Å². The van der Waals surface area contributed by atoms with Crippen molar-refractivity contribution in [3.63, 3.8) is 0 Å². The van der Waals surface area contributed by atoms with Crippen molar-refractivity contribution in [2.24, 2.45) is 0 Å². The molecule has 0 aliphatic heterocycles. The molecule has 106 valence electrons. The van der Waals surface area contributed by atoms with Crippen molar-refractivity contribution in [2.75, 3.05) is 6.54 Å². The maximum absolute atomic E-state index is 14.2. The van der Waals surface area contributed by atoms with Crippen LogP contribution in [-0.2, 0) is 6.54 Å². The van der Waals surface area contributed by atoms with E-state index in [0.29, 0.717) is 20.6 Å². The number of nitrogens with one attached hydrogen (secondary N) is 1. The first kappa shape index (κ1) is 15.8. The van der Waals surface area contributed by atoms with Crippen molar-refractivity contribution in [1.82, 2.24) is 5.32 Å². The molecular weight excluding hydrogens is 364 g/mol. The van der Waals surface area contributed by atoms with Crippen molar-refractivity contribution in [3.8, 4) is 11.1 Å². The minimum Gasteiger partial charge on any atom is -0.313 e. The summed E-state index contributed by atoms with van der Waals surface area (Å²) in [6.45, 7) is 3.66. The Bertz CT molecular complexity index is 632. The van der Waals surface area contributed by atoms with Crippen LogP contribution < -0.4 is 5.32 Å². The summed E-state index contributed by atoms with van der Waals surface area (Å²) in [5.74, 6) is -0.470. The van der Waals surface area contributed by atoms with Crippen LogP contribution in [0, 0.1) is 5.82 Å². The molecule has 0 amide bonds. The van der Waals surface area contributed by atoms with Crippen LogP contribution >= 0.6 is 39.1 Å². The second kappa shape index (κ2) is 6.90. The van der Waals surface area contributed by atoms with E-state index in [4.69, 9.17) is 23.2 Å². The average Bonchev–Trinajstić information content (AvgIpc) is 2.44. The molecule has 0 aromatic heterocycles. The van der Waals surface area contributed by atoms with Crippen molar-refractivity contribution >= 4 is 39.1 Å². The largest absolute Gasteiger partial charge is 0.313 e. The third kappa shape index (κ3) is 3.34. The van der Waals surface area contributed by atoms with Crippen LogP contribution in [0.3, 0.4) is 0 Å². The summed E-state index contributed by atoms with van der Waals surface area (Å²) in [5.41, 5.74) is 2.10. The third-order valence-corrected chi connectivity index (χ3v) is 4.51. The summed E-state index contributed by atoms with van der Waals surface area (Å²) in [7, 11) is 0. The van der Waals surface area contributed by atoms with Gasteiger partial charge in [0, 0.05) is 27.2 Å². The van der Waals surface area contributed by atoms with Gasteiger partial charge in [-0.15, -0.1) is 0 Å². The fourth-order valence-electron chi connectivity index (χ4n) is 1.89. The lowest BCUT2D eigenvalue weighted by Gasteiger charge is -2.10. The second-order valence-electron chi connectivity index (χ2n) is 4.32. The Morgan fingerprint density at radius 1 is 1.15 bits per heavy atom. The first-order valence-electron chi connectivity index (χ1n) is 6.17. The van der Waals surface area contributed by atoms with Gasteiger partial charge in [0.15, 0.2) is 5.82 Å². The molecule has 0 fully saturated rings. The fourth-order valence-corrected chi connectivity index (χ4v) is 2.67. The van der Waals surface area contributed by atoms with Gasteiger partial charge < -0.3 is 5.32 Å². The van der Waals surface area contributed by atoms with Crippen LogP contribution in [0.2, 0.25) is 10.0 Å². The maximum atomic E-state index is 14.2. The maximum Gasteiger partial charge on any atom is 0.150 e. The zero-order chi connectivity index (χ0) is 14.7. The van der Waals surface area contributed by atoms with Gasteiger partial charge in [-0.05, 0) is 40.2 Å². The molecule has 20 heavy (non-hydrogen) atoms. The van der Waals surface area contributed by atoms with E-state index in [0.717, 1.165) is 18.7 Å². The van der Waals surface area contributed by atoms with Gasteiger partial charge in [0.1, 0.15) is 0 Å². The lowest BCUT2D eigenvalue weighted by atomic mass is 10.0. The van der Waals surface area contributed by atoms with Crippen LogP contribution in [0.1, 0.15) is 12.5 Å². The molecule has 0 saturated carbocycles. The SMILES string of the molecule is CCNCc1ccc(-c2ccc(Br)c(Cl)c2F)c(Cl)c1. The van der Waals surface area contributed by atoms with Crippen molar-refractivity contribution < 1.29 is 4.39 Å². The minimum atomic E-state index is -0.470. The molecule has 2 rings (SSSR count). The topological polar surface area (TPSA) is 12.0 Å². The first-order chi connectivity index (χ1) is 9.54. The summed E-state index contributed by atoms with van der Waals surface area (Å²) < 4.78 is 14.7. The van der Waals surface area contributed by atoms with E-state index in [2.05, 4.69) is 21.2 Å². The van der Waals surface area contributed by atoms with Gasteiger partial charge in [0.2, 0.25) is 0 Å². The molecule has 0 heterocycles. The highest BCUT2D eigenvalue weighted by molar-refractivity contribution is 9.10. The molecule has 0 unspecified atom stereocenters. The van der Waals surface area contributed by atoms with Crippen molar-refractivity contribution in [2.45, 2.75) is 13.5 Å². The zero-order valence-corrected chi connectivity index (χ0v) is 13.9. The molecule has 0 radical (unpaired) electrons. The normalized spacial score (nSPS) is 10.8. The third-order valence-electron chi connectivity index (χ3n) is 2.94. The molecule has 0 atom stereocenters. The average molecular weight is 377 g/mol. The van der Waals surface area contributed by atoms with E-state index in [-0.39, 0.29) is 5.02 Å². The van der Waals surface area contributed by atoms with Gasteiger partial charge in [0.05, 0.1) is 5.02 Å². The highest BCUT2D eigenvalue weighted by Gasteiger charge is 2.14. The number of hydrogen-bond donors (Lipinski definition) is 1. The Labute approximate surface area is 136 Å². The Morgan fingerprint density at radius 2 is 1.85 bits per heavy atom. The summed E-state index contributed by atoms with van der Waals surface area (Å²) in [6, 6.07) is 8.96. The molecule has 0 aliphatic carbocycles. The van der Waals surface area contributed by atoms with Crippen molar-refractivity contribution in [1.29, 1.82) is 0 Å². The Morgan fingerprint density at radius 3 is 2.50 bits per heavy atom. The number of rotatable bonds is 4. The zero-order valence-electron chi connectivity index (χ0n) is 10.8. The summed E-state index contributed by atoms with van der Waals surface area (Å²) in [4.78, 5) is 0. The van der Waals surface area contributed by atoms with Crippen LogP contribution in [0.25, 0.3) is 11.1 Å². The Hall–Kier alpha value is -0.610. The van der Waals surface area contributed by atoms with Gasteiger partial charge in [-0.1, -0.05) is 48.3 Å². The molecule has 0 spiro atoms. The van der Waals surface area contributed by atoms with Gasteiger partial charge >= 0.3 is 0 Å². The van der Waals surface area contributed by atoms with E-state index in [1.807, 2.05) is 25.1 Å². The summed E-state index contributed by atoms with van der Waals surface area (Å²) >= 11 is 15.4. The molecule has 0 aliphatic rings. The molecule has 1 N–H and O–H groups in total. The Balaban J connectivity index is 2.41. The second-order valence-corrected chi connectivity index (χ2v) is 5.96. The summed E-state index contributed by atoms with van der Waals surface area (Å²) in [6.07, 6.45) is 0. The van der Waals surface area contributed by atoms with E-state index in [9.17, 15) is 4.39 Å². The lowest BCUT2D eigenvalue weighted by molar-refractivity contribution is 0.631. The highest BCUT2D eigenvalue weighted by Crippen LogP contribution is 2.36. The molecular formula is C15H13BrCl2FN. The lowest BCUT2D eigenvalue weighted by Crippen LogP contribution is -2.11. The van der Waals surface area contributed by atoms with Crippen LogP contribution in [0.5, 0.6) is 0 Å². The quantitative estimate of drug-likeness (QED) is 0.677. The summed E-state index contributed by atoms with van der Waals surface area (Å²) in [5, 5.41) is 3.80. The van der Waals surface area contributed by atoms with Crippen LogP contribution in [-0.4, -0.2) is 6.54 Å². The molecule has 5 heteroatoms. The fraction of sp³-hybridized carbons (Fsp3) is 0.200. The molecule has 2 aromatic rings. The standard InChI is InChI=1S/C15H13BrCl2FN/c1-2-20-8-9-3-4-10(13(17)7-9)11-5-6-12(16)14(18)15(11)19/h3-7,20H,2,8H2,1H3. The predicted molar refractivity (Wildman–Crippen MR) is 86.9 cm³/mol. The molecule has 1 nitrogen and oxygen atoms in total. The van der Waals surface area contributed by atoms with E-state index >= 15 is 0 Å². The monoisotopic (exact) mass is 375 g/mol. The van der Waals surface area contributed by atoms with E-state index in [1.54, 1.807) is 12.1 Å². The van der Waals surface area contributed by atoms with Gasteiger partial charge in [-0.3, -0.25) is 0 Å². The van der Waals surface area contributed by atoms with Gasteiger partial charge in [0.25, 0.3) is 0 Å².